The van der Waals surface area contributed by atoms with Crippen molar-refractivity contribution in [3.05, 3.63) is 38.9 Å². The molecule has 0 aliphatic carbocycles. The van der Waals surface area contributed by atoms with Crippen molar-refractivity contribution in [1.82, 2.24) is 4.90 Å². The Morgan fingerprint density at radius 3 is 2.70 bits per heavy atom. The molecule has 8 heteroatoms. The fourth-order valence-electron chi connectivity index (χ4n) is 1.65. The first-order valence-corrected chi connectivity index (χ1v) is 6.71. The average molecular weight is 321 g/mol. The Balaban J connectivity index is 3.13. The third-order valence-corrected chi connectivity index (χ3v) is 3.09. The summed E-state index contributed by atoms with van der Waals surface area (Å²) >= 11 is 11.6. The lowest BCUT2D eigenvalue weighted by molar-refractivity contribution is -0.385. The van der Waals surface area contributed by atoms with Gasteiger partial charge in [0.2, 0.25) is 0 Å². The molecule has 0 fully saturated rings. The van der Waals surface area contributed by atoms with Crippen molar-refractivity contribution >= 4 is 34.8 Å². The first-order valence-electron chi connectivity index (χ1n) is 5.80. The molecule has 0 atom stereocenters. The van der Waals surface area contributed by atoms with Gasteiger partial charge >= 0.3 is 0 Å². The molecule has 0 aromatic heterocycles. The number of rotatable bonds is 7. The number of ether oxygens (including phenoxy) is 1. The summed E-state index contributed by atoms with van der Waals surface area (Å²) in [5, 5.41) is 11.0. The van der Waals surface area contributed by atoms with Gasteiger partial charge in [0.1, 0.15) is 5.56 Å². The number of nitro groups is 1. The summed E-state index contributed by atoms with van der Waals surface area (Å²) in [6.07, 6.45) is 0. The van der Waals surface area contributed by atoms with E-state index in [0.29, 0.717) is 6.61 Å². The van der Waals surface area contributed by atoms with Crippen molar-refractivity contribution in [3.63, 3.8) is 0 Å². The Kier molecular flexibility index (Phi) is 6.70. The third-order valence-electron chi connectivity index (χ3n) is 2.61. The second-order valence-electron chi connectivity index (χ2n) is 3.87. The number of hydrogen-bond donors (Lipinski definition) is 0. The monoisotopic (exact) mass is 320 g/mol. The Bertz CT molecular complexity index is 496. The molecule has 0 spiro atoms. The van der Waals surface area contributed by atoms with Gasteiger partial charge in [-0.1, -0.05) is 17.7 Å². The molecule has 1 amide bonds. The Morgan fingerprint density at radius 1 is 1.45 bits per heavy atom. The van der Waals surface area contributed by atoms with Gasteiger partial charge in [-0.2, -0.15) is 0 Å². The average Bonchev–Trinajstić information content (AvgIpc) is 2.42. The quantitative estimate of drug-likeness (QED) is 0.439. The molecule has 0 aliphatic heterocycles. The fraction of sp³-hybridized carbons (Fsp3) is 0.417. The second kappa shape index (κ2) is 8.04. The smallest absolute Gasteiger partial charge is 0.283 e. The lowest BCUT2D eigenvalue weighted by Gasteiger charge is -2.21. The molecule has 1 aromatic rings. The zero-order valence-corrected chi connectivity index (χ0v) is 12.4. The lowest BCUT2D eigenvalue weighted by atomic mass is 10.1. The van der Waals surface area contributed by atoms with E-state index in [0.717, 1.165) is 0 Å². The molecule has 1 aromatic carbocycles. The van der Waals surface area contributed by atoms with Gasteiger partial charge in [0.25, 0.3) is 11.6 Å². The van der Waals surface area contributed by atoms with Crippen molar-refractivity contribution in [2.24, 2.45) is 0 Å². The molecular formula is C12H14Cl2N2O4. The number of nitro benzene ring substituents is 1. The van der Waals surface area contributed by atoms with Gasteiger partial charge in [0.05, 0.1) is 16.6 Å². The molecule has 0 heterocycles. The normalized spacial score (nSPS) is 10.3. The predicted molar refractivity (Wildman–Crippen MR) is 76.6 cm³/mol. The third kappa shape index (κ3) is 4.06. The molecule has 0 saturated heterocycles. The van der Waals surface area contributed by atoms with Crippen LogP contribution in [0.3, 0.4) is 0 Å². The van der Waals surface area contributed by atoms with Crippen molar-refractivity contribution < 1.29 is 14.5 Å². The molecular weight excluding hydrogens is 307 g/mol. The van der Waals surface area contributed by atoms with E-state index in [2.05, 4.69) is 0 Å². The number of carbonyl (C=O) groups excluding carboxylic acids is 1. The number of amides is 1. The summed E-state index contributed by atoms with van der Waals surface area (Å²) < 4.78 is 4.91. The van der Waals surface area contributed by atoms with Crippen LogP contribution in [0.2, 0.25) is 5.02 Å². The predicted octanol–water partition coefficient (Wildman–Crippen LogP) is 2.58. The molecule has 0 aliphatic rings. The van der Waals surface area contributed by atoms with Crippen LogP contribution in [0.1, 0.15) is 10.4 Å². The van der Waals surface area contributed by atoms with Gasteiger partial charge in [-0.25, -0.2) is 0 Å². The summed E-state index contributed by atoms with van der Waals surface area (Å²) in [5.41, 5.74) is -0.445. The maximum Gasteiger partial charge on any atom is 0.283 e. The van der Waals surface area contributed by atoms with Crippen LogP contribution < -0.4 is 0 Å². The topological polar surface area (TPSA) is 72.7 Å². The molecule has 0 unspecified atom stereocenters. The molecule has 0 radical (unpaired) electrons. The Labute approximate surface area is 126 Å². The Hall–Kier alpha value is -1.37. The number of nitrogens with zero attached hydrogens (tertiary/aromatic N) is 2. The first-order chi connectivity index (χ1) is 9.52. The summed E-state index contributed by atoms with van der Waals surface area (Å²) in [5.74, 6) is -0.312. The SMILES string of the molecule is COCCN(CCCl)C(=O)c1c(Cl)cccc1[N+](=O)[O-]. The van der Waals surface area contributed by atoms with E-state index >= 15 is 0 Å². The maximum absolute atomic E-state index is 12.4. The van der Waals surface area contributed by atoms with Crippen LogP contribution in [0.5, 0.6) is 0 Å². The van der Waals surface area contributed by atoms with Crippen molar-refractivity contribution in [1.29, 1.82) is 0 Å². The van der Waals surface area contributed by atoms with Gasteiger partial charge in [-0.3, -0.25) is 14.9 Å². The number of alkyl halides is 1. The van der Waals surface area contributed by atoms with E-state index in [4.69, 9.17) is 27.9 Å². The van der Waals surface area contributed by atoms with E-state index in [1.807, 2.05) is 0 Å². The van der Waals surface area contributed by atoms with Crippen LogP contribution in [0.4, 0.5) is 5.69 Å². The number of halogens is 2. The molecule has 110 valence electrons. The van der Waals surface area contributed by atoms with Gasteiger partial charge in [-0.15, -0.1) is 11.6 Å². The van der Waals surface area contributed by atoms with E-state index in [1.165, 1.54) is 30.2 Å². The molecule has 6 nitrogen and oxygen atoms in total. The van der Waals surface area contributed by atoms with Crippen LogP contribution in [0, 0.1) is 10.1 Å². The molecule has 1 rings (SSSR count). The fourth-order valence-corrected chi connectivity index (χ4v) is 2.11. The summed E-state index contributed by atoms with van der Waals surface area (Å²) in [6, 6.07) is 4.11. The lowest BCUT2D eigenvalue weighted by Crippen LogP contribution is -2.36. The van der Waals surface area contributed by atoms with E-state index in [9.17, 15) is 14.9 Å². The van der Waals surface area contributed by atoms with Gasteiger partial charge in [0.15, 0.2) is 0 Å². The zero-order chi connectivity index (χ0) is 15.1. The highest BCUT2D eigenvalue weighted by atomic mass is 35.5. The van der Waals surface area contributed by atoms with E-state index < -0.39 is 10.8 Å². The number of carbonyl (C=O) groups is 1. The van der Waals surface area contributed by atoms with Crippen LogP contribution >= 0.6 is 23.2 Å². The second-order valence-corrected chi connectivity index (χ2v) is 4.65. The molecule has 0 saturated carbocycles. The highest BCUT2D eigenvalue weighted by molar-refractivity contribution is 6.34. The summed E-state index contributed by atoms with van der Waals surface area (Å²) in [7, 11) is 1.50. The van der Waals surface area contributed by atoms with Crippen molar-refractivity contribution in [2.75, 3.05) is 32.7 Å². The van der Waals surface area contributed by atoms with Gasteiger partial charge in [-0.05, 0) is 6.07 Å². The van der Waals surface area contributed by atoms with Gasteiger partial charge in [0, 0.05) is 32.1 Å². The largest absolute Gasteiger partial charge is 0.383 e. The number of methoxy groups -OCH3 is 1. The minimum Gasteiger partial charge on any atom is -0.383 e. The van der Waals surface area contributed by atoms with Gasteiger partial charge < -0.3 is 9.64 Å². The number of hydrogen-bond acceptors (Lipinski definition) is 4. The summed E-state index contributed by atoms with van der Waals surface area (Å²) in [4.78, 5) is 24.2. The molecule has 0 bridgehead atoms. The highest BCUT2D eigenvalue weighted by Crippen LogP contribution is 2.27. The van der Waals surface area contributed by atoms with Crippen LogP contribution in [0.25, 0.3) is 0 Å². The first kappa shape index (κ1) is 16.7. The molecule has 0 N–H and O–H groups in total. The molecule has 20 heavy (non-hydrogen) atoms. The highest BCUT2D eigenvalue weighted by Gasteiger charge is 2.27. The van der Waals surface area contributed by atoms with Crippen molar-refractivity contribution in [2.45, 2.75) is 0 Å². The maximum atomic E-state index is 12.4. The minimum atomic E-state index is -0.631. The van der Waals surface area contributed by atoms with Crippen LogP contribution in [-0.2, 0) is 4.74 Å². The van der Waals surface area contributed by atoms with Crippen molar-refractivity contribution in [3.8, 4) is 0 Å². The summed E-state index contributed by atoms with van der Waals surface area (Å²) in [6.45, 7) is 0.845. The van der Waals surface area contributed by atoms with Crippen LogP contribution in [-0.4, -0.2) is 48.4 Å². The Morgan fingerprint density at radius 2 is 2.15 bits per heavy atom. The minimum absolute atomic E-state index is 0.0428. The van der Waals surface area contributed by atoms with Crippen LogP contribution in [0.15, 0.2) is 18.2 Å². The zero-order valence-electron chi connectivity index (χ0n) is 10.8. The van der Waals surface area contributed by atoms with E-state index in [1.54, 1.807) is 0 Å². The van der Waals surface area contributed by atoms with E-state index in [-0.39, 0.29) is 35.2 Å². The number of benzene rings is 1. The standard InChI is InChI=1S/C12H14Cl2N2O4/c1-20-8-7-15(6-5-13)12(17)11-9(14)3-2-4-10(11)16(18)19/h2-4H,5-8H2,1H3.